The van der Waals surface area contributed by atoms with Crippen LogP contribution in [0.2, 0.25) is 0 Å². The van der Waals surface area contributed by atoms with Gasteiger partial charge in [-0.05, 0) is 63.4 Å². The summed E-state index contributed by atoms with van der Waals surface area (Å²) in [5.74, 6) is -0.947. The van der Waals surface area contributed by atoms with Gasteiger partial charge in [0.25, 0.3) is 0 Å². The number of hydrazone groups is 1. The number of amides is 2. The van der Waals surface area contributed by atoms with E-state index in [1.165, 1.54) is 6.07 Å². The van der Waals surface area contributed by atoms with Crippen LogP contribution in [0.1, 0.15) is 63.5 Å². The van der Waals surface area contributed by atoms with Crippen LogP contribution in [0, 0.1) is 5.82 Å². The van der Waals surface area contributed by atoms with Gasteiger partial charge in [0, 0.05) is 75.6 Å². The van der Waals surface area contributed by atoms with Crippen molar-refractivity contribution in [3.8, 4) is 0 Å². The van der Waals surface area contributed by atoms with E-state index in [4.69, 9.17) is 0 Å². The van der Waals surface area contributed by atoms with E-state index in [2.05, 4.69) is 53.2 Å². The number of piperidine rings is 1. The lowest BCUT2D eigenvalue weighted by molar-refractivity contribution is -0.133. The standard InChI is InChI=1S/C31H42FN9O2/c1-4-13-34-38(3)21-28(33-2)22-19-35-41(20-22)25-8-6-24(7-9-25)39-14-16-40(17-15-39)29-11-5-23(18-26(29)32)36-27-10-12-30(42)37-31(27)43/h5,11,13,18-21,24-25,27,36H,2,4,6-10,12,14-17H2,1,3H3,(H,37,42,43)/b28-21-,34-13-. The third kappa shape index (κ3) is 7.48. The fourth-order valence-corrected chi connectivity index (χ4v) is 6.20. The molecule has 3 aliphatic rings. The topological polar surface area (TPSA) is 110 Å². The molecule has 2 saturated heterocycles. The highest BCUT2D eigenvalue weighted by molar-refractivity contribution is 6.01. The summed E-state index contributed by atoms with van der Waals surface area (Å²) in [6, 6.07) is 5.37. The van der Waals surface area contributed by atoms with Crippen LogP contribution < -0.4 is 15.5 Å². The van der Waals surface area contributed by atoms with E-state index in [1.54, 1.807) is 17.1 Å². The Kier molecular flexibility index (Phi) is 9.86. The number of nitrogens with zero attached hydrogens (tertiary/aromatic N) is 7. The maximum Gasteiger partial charge on any atom is 0.249 e. The van der Waals surface area contributed by atoms with Crippen LogP contribution in [-0.2, 0) is 9.59 Å². The SMILES string of the molecule is C=N/C(=C\N(C)/N=C\CC)c1cnn(C2CCC(N3CCN(c4ccc(NC5CCC(=O)NC5=O)cc4F)CC3)CC2)c1. The lowest BCUT2D eigenvalue weighted by atomic mass is 9.90. The van der Waals surface area contributed by atoms with Crippen LogP contribution in [0.3, 0.4) is 0 Å². The van der Waals surface area contributed by atoms with Crippen molar-refractivity contribution >= 4 is 41.8 Å². The Morgan fingerprint density at radius 2 is 1.91 bits per heavy atom. The first kappa shape index (κ1) is 30.4. The molecule has 1 saturated carbocycles. The molecule has 1 aromatic heterocycles. The van der Waals surface area contributed by atoms with E-state index >= 15 is 4.39 Å². The van der Waals surface area contributed by atoms with Crippen LogP contribution >= 0.6 is 0 Å². The minimum Gasteiger partial charge on any atom is -0.374 e. The third-order valence-electron chi connectivity index (χ3n) is 8.56. The number of benzene rings is 1. The molecule has 230 valence electrons. The fourth-order valence-electron chi connectivity index (χ4n) is 6.20. The Bertz CT molecular complexity index is 1360. The number of imide groups is 1. The molecule has 1 unspecified atom stereocenters. The summed E-state index contributed by atoms with van der Waals surface area (Å²) in [5.41, 5.74) is 2.79. The predicted molar refractivity (Wildman–Crippen MR) is 168 cm³/mol. The minimum atomic E-state index is -0.534. The van der Waals surface area contributed by atoms with Gasteiger partial charge in [-0.2, -0.15) is 10.2 Å². The van der Waals surface area contributed by atoms with Crippen molar-refractivity contribution < 1.29 is 14.0 Å². The van der Waals surface area contributed by atoms with Crippen LogP contribution in [0.4, 0.5) is 15.8 Å². The van der Waals surface area contributed by atoms with Crippen LogP contribution in [0.25, 0.3) is 5.70 Å². The van der Waals surface area contributed by atoms with Crippen LogP contribution in [-0.4, -0.2) is 89.7 Å². The van der Waals surface area contributed by atoms with Gasteiger partial charge < -0.3 is 10.2 Å². The molecule has 2 aromatic rings. The summed E-state index contributed by atoms with van der Waals surface area (Å²) < 4.78 is 17.2. The first-order valence-corrected chi connectivity index (χ1v) is 15.2. The van der Waals surface area contributed by atoms with Crippen LogP contribution in [0.15, 0.2) is 46.9 Å². The number of hydrogen-bond donors (Lipinski definition) is 2. The number of carbonyl (C=O) groups excluding carboxylic acids is 2. The quantitative estimate of drug-likeness (QED) is 0.245. The van der Waals surface area contributed by atoms with Crippen molar-refractivity contribution in [1.82, 2.24) is 25.0 Å². The summed E-state index contributed by atoms with van der Waals surface area (Å²) in [6.07, 6.45) is 13.5. The molecule has 0 bridgehead atoms. The molecule has 11 nitrogen and oxygen atoms in total. The van der Waals surface area contributed by atoms with E-state index in [-0.39, 0.29) is 24.1 Å². The molecule has 1 aromatic carbocycles. The van der Waals surface area contributed by atoms with Gasteiger partial charge in [-0.3, -0.25) is 34.5 Å². The number of rotatable bonds is 10. The van der Waals surface area contributed by atoms with E-state index in [0.29, 0.717) is 29.9 Å². The predicted octanol–water partition coefficient (Wildman–Crippen LogP) is 3.87. The average molecular weight is 592 g/mol. The van der Waals surface area contributed by atoms with E-state index in [0.717, 1.165) is 69.5 Å². The Morgan fingerprint density at radius 3 is 2.58 bits per heavy atom. The number of piperazine rings is 1. The Morgan fingerprint density at radius 1 is 1.16 bits per heavy atom. The van der Waals surface area contributed by atoms with Crippen molar-refractivity contribution in [3.05, 3.63) is 48.2 Å². The van der Waals surface area contributed by atoms with Gasteiger partial charge >= 0.3 is 0 Å². The molecule has 5 rings (SSSR count). The van der Waals surface area contributed by atoms with Gasteiger partial charge in [0.1, 0.15) is 11.9 Å². The Labute approximate surface area is 252 Å². The van der Waals surface area contributed by atoms with Gasteiger partial charge in [-0.25, -0.2) is 4.39 Å². The number of nitrogens with one attached hydrogen (secondary N) is 2. The summed E-state index contributed by atoms with van der Waals surface area (Å²) in [6.45, 7) is 9.08. The zero-order chi connectivity index (χ0) is 30.3. The molecule has 2 N–H and O–H groups in total. The average Bonchev–Trinajstić information content (AvgIpc) is 3.51. The zero-order valence-electron chi connectivity index (χ0n) is 25.1. The second-order valence-corrected chi connectivity index (χ2v) is 11.5. The Balaban J connectivity index is 1.10. The van der Waals surface area contributed by atoms with Gasteiger partial charge in [0.05, 0.1) is 23.6 Å². The second kappa shape index (κ2) is 13.9. The fraction of sp³-hybridized carbons (Fsp3) is 0.516. The molecule has 2 aliphatic heterocycles. The highest BCUT2D eigenvalue weighted by atomic mass is 19.1. The van der Waals surface area contributed by atoms with Gasteiger partial charge in [-0.1, -0.05) is 6.92 Å². The largest absolute Gasteiger partial charge is 0.374 e. The zero-order valence-corrected chi connectivity index (χ0v) is 25.1. The second-order valence-electron chi connectivity index (χ2n) is 11.5. The first-order chi connectivity index (χ1) is 20.8. The van der Waals surface area contributed by atoms with Crippen molar-refractivity contribution in [2.24, 2.45) is 10.1 Å². The number of anilines is 2. The summed E-state index contributed by atoms with van der Waals surface area (Å²) >= 11 is 0. The molecule has 1 atom stereocenters. The third-order valence-corrected chi connectivity index (χ3v) is 8.56. The van der Waals surface area contributed by atoms with Crippen molar-refractivity contribution in [1.29, 1.82) is 0 Å². The summed E-state index contributed by atoms with van der Waals surface area (Å²) in [7, 11) is 1.87. The molecule has 0 spiro atoms. The maximum absolute atomic E-state index is 15.1. The number of aliphatic imine (C=N–C) groups is 1. The van der Waals surface area contributed by atoms with Gasteiger partial charge in [0.15, 0.2) is 0 Å². The lowest BCUT2D eigenvalue weighted by Gasteiger charge is -2.42. The molecule has 3 heterocycles. The maximum atomic E-state index is 15.1. The molecule has 2 amide bonds. The molecular formula is C31H42FN9O2. The van der Waals surface area contributed by atoms with Crippen molar-refractivity contribution in [2.45, 2.75) is 70.0 Å². The lowest BCUT2D eigenvalue weighted by Crippen LogP contribution is -2.51. The van der Waals surface area contributed by atoms with Gasteiger partial charge in [0.2, 0.25) is 11.8 Å². The summed E-state index contributed by atoms with van der Waals surface area (Å²) in [4.78, 5) is 32.3. The van der Waals surface area contributed by atoms with E-state index < -0.39 is 6.04 Å². The molecule has 1 aliphatic carbocycles. The van der Waals surface area contributed by atoms with E-state index in [9.17, 15) is 9.59 Å². The van der Waals surface area contributed by atoms with Crippen molar-refractivity contribution in [3.63, 3.8) is 0 Å². The molecule has 12 heteroatoms. The van der Waals surface area contributed by atoms with Gasteiger partial charge in [-0.15, -0.1) is 0 Å². The highest BCUT2D eigenvalue weighted by Crippen LogP contribution is 2.33. The number of halogens is 1. The Hall–Kier alpha value is -4.06. The smallest absolute Gasteiger partial charge is 0.249 e. The molecular weight excluding hydrogens is 549 g/mol. The first-order valence-electron chi connectivity index (χ1n) is 15.2. The monoisotopic (exact) mass is 591 g/mol. The normalized spacial score (nSPS) is 23.8. The highest BCUT2D eigenvalue weighted by Gasteiger charge is 2.30. The molecule has 3 fully saturated rings. The molecule has 0 radical (unpaired) electrons. The number of carbonyl (C=O) groups is 2. The molecule has 43 heavy (non-hydrogen) atoms. The van der Waals surface area contributed by atoms with Crippen molar-refractivity contribution in [2.75, 3.05) is 43.4 Å². The van der Waals surface area contributed by atoms with Crippen LogP contribution in [0.5, 0.6) is 0 Å². The number of hydrogen-bond acceptors (Lipinski definition) is 9. The summed E-state index contributed by atoms with van der Waals surface area (Å²) in [5, 5.41) is 16.1. The minimum absolute atomic E-state index is 0.269. The van der Waals surface area contributed by atoms with E-state index in [1.807, 2.05) is 32.6 Å². The number of aromatic nitrogens is 2.